The number of thiazole rings is 1. The molecule has 2 N–H and O–H groups in total. The molecule has 0 aliphatic rings. The van der Waals surface area contributed by atoms with E-state index in [9.17, 15) is 4.79 Å². The van der Waals surface area contributed by atoms with Gasteiger partial charge in [0.05, 0.1) is 24.2 Å². The van der Waals surface area contributed by atoms with Gasteiger partial charge in [-0.2, -0.15) is 5.10 Å². The Morgan fingerprint density at radius 1 is 1.46 bits per heavy atom. The maximum atomic E-state index is 12.3. The van der Waals surface area contributed by atoms with Gasteiger partial charge in [0, 0.05) is 25.5 Å². The van der Waals surface area contributed by atoms with Crippen LogP contribution >= 0.6 is 23.6 Å². The van der Waals surface area contributed by atoms with E-state index in [4.69, 9.17) is 17.0 Å². The highest BCUT2D eigenvalue weighted by Gasteiger charge is 2.19. The molecule has 0 aliphatic heterocycles. The number of ether oxygens (including phenoxy) is 1. The Kier molecular flexibility index (Phi) is 8.04. The Hall–Kier alpha value is -2.36. The van der Waals surface area contributed by atoms with Gasteiger partial charge in [0.1, 0.15) is 0 Å². The van der Waals surface area contributed by atoms with Crippen LogP contribution < -0.4 is 15.6 Å². The number of amides is 1. The first-order valence-electron chi connectivity index (χ1n) is 8.74. The van der Waals surface area contributed by atoms with Crippen LogP contribution in [0.5, 0.6) is 0 Å². The number of aromatic nitrogens is 1. The molecule has 0 aliphatic carbocycles. The smallest absolute Gasteiger partial charge is 0.230 e. The van der Waals surface area contributed by atoms with Crippen LogP contribution in [0.2, 0.25) is 0 Å². The number of hydrazone groups is 1. The lowest BCUT2D eigenvalue weighted by molar-refractivity contribution is -0.115. The van der Waals surface area contributed by atoms with Crippen LogP contribution in [0.1, 0.15) is 30.7 Å². The molecular weight excluding hydrogens is 394 g/mol. The summed E-state index contributed by atoms with van der Waals surface area (Å²) >= 11 is 6.55. The zero-order valence-corrected chi connectivity index (χ0v) is 18.3. The number of carbonyl (C=O) groups excluding carboxylic acids is 1. The minimum Gasteiger partial charge on any atom is -0.383 e. The predicted octanol–water partition coefficient (Wildman–Crippen LogP) is 3.28. The van der Waals surface area contributed by atoms with Gasteiger partial charge in [-0.3, -0.25) is 15.1 Å². The van der Waals surface area contributed by atoms with Crippen LogP contribution in [0.3, 0.4) is 0 Å². The average Bonchev–Trinajstić information content (AvgIpc) is 3.07. The Bertz CT molecular complexity index is 866. The number of hydrogen-bond donors (Lipinski definition) is 2. The fourth-order valence-corrected chi connectivity index (χ4v) is 3.61. The molecule has 2 aromatic rings. The third-order valence-corrected chi connectivity index (χ3v) is 5.04. The molecule has 0 saturated heterocycles. The molecule has 0 bridgehead atoms. The Balaban J connectivity index is 2.10. The molecule has 9 heteroatoms. The van der Waals surface area contributed by atoms with Gasteiger partial charge in [0.2, 0.25) is 5.91 Å². The third kappa shape index (κ3) is 5.82. The van der Waals surface area contributed by atoms with Crippen LogP contribution in [0.15, 0.2) is 28.7 Å². The summed E-state index contributed by atoms with van der Waals surface area (Å²) in [7, 11) is 1.63. The van der Waals surface area contributed by atoms with E-state index in [2.05, 4.69) is 20.8 Å². The predicted molar refractivity (Wildman–Crippen MR) is 119 cm³/mol. The lowest BCUT2D eigenvalue weighted by Crippen LogP contribution is -2.40. The van der Waals surface area contributed by atoms with Gasteiger partial charge in [-0.1, -0.05) is 12.1 Å². The minimum absolute atomic E-state index is 0.0766. The SMILES string of the molecule is COC[C@@H](C)NC(=S)N/N=C\c1csc(N(C(C)=O)c2cccc(C)c2C)n1. The van der Waals surface area contributed by atoms with Crippen molar-refractivity contribution < 1.29 is 9.53 Å². The molecule has 1 heterocycles. The second-order valence-corrected chi connectivity index (χ2v) is 7.57. The molecule has 7 nitrogen and oxygen atoms in total. The van der Waals surface area contributed by atoms with Crippen molar-refractivity contribution in [3.8, 4) is 0 Å². The van der Waals surface area contributed by atoms with Crippen molar-refractivity contribution in [3.63, 3.8) is 0 Å². The summed E-state index contributed by atoms with van der Waals surface area (Å²) < 4.78 is 5.05. The summed E-state index contributed by atoms with van der Waals surface area (Å²) in [6.07, 6.45) is 1.57. The molecule has 1 aromatic heterocycles. The van der Waals surface area contributed by atoms with E-state index in [1.54, 1.807) is 18.2 Å². The number of nitrogens with zero attached hydrogens (tertiary/aromatic N) is 3. The summed E-state index contributed by atoms with van der Waals surface area (Å²) in [6, 6.07) is 5.96. The largest absolute Gasteiger partial charge is 0.383 e. The highest BCUT2D eigenvalue weighted by molar-refractivity contribution is 7.80. The standard InChI is InChI=1S/C19H25N5O2S2/c1-12-7-6-8-17(14(12)3)24(15(4)25)19-22-16(11-28-19)9-20-23-18(27)21-13(2)10-26-5/h6-9,11,13H,10H2,1-5H3,(H2,21,23,27)/b20-9-/t13-/m1/s1. The highest BCUT2D eigenvalue weighted by atomic mass is 32.1. The van der Waals surface area contributed by atoms with Crippen LogP contribution in [-0.4, -0.2) is 42.0 Å². The van der Waals surface area contributed by atoms with E-state index >= 15 is 0 Å². The van der Waals surface area contributed by atoms with E-state index in [1.165, 1.54) is 18.3 Å². The second-order valence-electron chi connectivity index (χ2n) is 6.33. The average molecular weight is 420 g/mol. The normalized spacial score (nSPS) is 12.0. The number of nitrogens with one attached hydrogen (secondary N) is 2. The zero-order valence-electron chi connectivity index (χ0n) is 16.6. The van der Waals surface area contributed by atoms with E-state index in [-0.39, 0.29) is 11.9 Å². The summed E-state index contributed by atoms with van der Waals surface area (Å²) in [4.78, 5) is 18.4. The fourth-order valence-electron chi connectivity index (χ4n) is 2.53. The molecule has 0 fully saturated rings. The molecule has 1 amide bonds. The third-order valence-electron chi connectivity index (χ3n) is 3.99. The van der Waals surface area contributed by atoms with Gasteiger partial charge in [0.25, 0.3) is 0 Å². The van der Waals surface area contributed by atoms with E-state index in [0.717, 1.165) is 16.8 Å². The molecule has 1 aromatic carbocycles. The molecule has 2 rings (SSSR count). The number of benzene rings is 1. The van der Waals surface area contributed by atoms with Crippen molar-refractivity contribution in [1.29, 1.82) is 0 Å². The maximum Gasteiger partial charge on any atom is 0.230 e. The summed E-state index contributed by atoms with van der Waals surface area (Å²) in [5.74, 6) is -0.0952. The van der Waals surface area contributed by atoms with E-state index in [1.807, 2.05) is 44.4 Å². The minimum atomic E-state index is -0.0952. The Morgan fingerprint density at radius 2 is 2.21 bits per heavy atom. The van der Waals surface area contributed by atoms with Gasteiger partial charge in [-0.05, 0) is 50.2 Å². The molecule has 0 radical (unpaired) electrons. The van der Waals surface area contributed by atoms with Crippen molar-refractivity contribution in [2.45, 2.75) is 33.7 Å². The number of rotatable bonds is 7. The number of thiocarbonyl (C=S) groups is 1. The number of hydrogen-bond acceptors (Lipinski definition) is 6. The molecule has 1 atom stereocenters. The van der Waals surface area contributed by atoms with E-state index < -0.39 is 0 Å². The van der Waals surface area contributed by atoms with Crippen LogP contribution in [-0.2, 0) is 9.53 Å². The number of aryl methyl sites for hydroxylation is 1. The number of carbonyl (C=O) groups is 1. The van der Waals surface area contributed by atoms with Gasteiger partial charge in [0.15, 0.2) is 10.2 Å². The first-order valence-corrected chi connectivity index (χ1v) is 10.0. The molecule has 150 valence electrons. The monoisotopic (exact) mass is 419 g/mol. The first kappa shape index (κ1) is 21.9. The summed E-state index contributed by atoms with van der Waals surface area (Å²) in [5, 5.41) is 9.98. The van der Waals surface area contributed by atoms with Gasteiger partial charge < -0.3 is 10.1 Å². The Morgan fingerprint density at radius 3 is 2.89 bits per heavy atom. The van der Waals surface area contributed by atoms with Gasteiger partial charge in [-0.15, -0.1) is 11.3 Å². The maximum absolute atomic E-state index is 12.3. The molecule has 0 saturated carbocycles. The molecule has 0 unspecified atom stereocenters. The van der Waals surface area contributed by atoms with Crippen molar-refractivity contribution in [2.24, 2.45) is 5.10 Å². The quantitative estimate of drug-likeness (QED) is 0.407. The Labute approximate surface area is 174 Å². The van der Waals surface area contributed by atoms with Crippen molar-refractivity contribution in [3.05, 3.63) is 40.4 Å². The molecule has 0 spiro atoms. The zero-order chi connectivity index (χ0) is 20.7. The molecule has 28 heavy (non-hydrogen) atoms. The molecular formula is C19H25N5O2S2. The van der Waals surface area contributed by atoms with Gasteiger partial charge >= 0.3 is 0 Å². The topological polar surface area (TPSA) is 78.9 Å². The van der Waals surface area contributed by atoms with Gasteiger partial charge in [-0.25, -0.2) is 4.98 Å². The van der Waals surface area contributed by atoms with Crippen LogP contribution in [0, 0.1) is 13.8 Å². The van der Waals surface area contributed by atoms with Crippen LogP contribution in [0.25, 0.3) is 0 Å². The van der Waals surface area contributed by atoms with Crippen LogP contribution in [0.4, 0.5) is 10.8 Å². The fraction of sp³-hybridized carbons (Fsp3) is 0.368. The summed E-state index contributed by atoms with van der Waals surface area (Å²) in [5.41, 5.74) is 6.39. The van der Waals surface area contributed by atoms with Crippen molar-refractivity contribution in [1.82, 2.24) is 15.7 Å². The lowest BCUT2D eigenvalue weighted by Gasteiger charge is -2.21. The first-order chi connectivity index (χ1) is 13.3. The van der Waals surface area contributed by atoms with E-state index in [0.29, 0.717) is 22.5 Å². The number of anilines is 2. The van der Waals surface area contributed by atoms with Crippen molar-refractivity contribution in [2.75, 3.05) is 18.6 Å². The highest BCUT2D eigenvalue weighted by Crippen LogP contribution is 2.32. The summed E-state index contributed by atoms with van der Waals surface area (Å²) in [6.45, 7) is 8.05. The number of methoxy groups -OCH3 is 1. The second kappa shape index (κ2) is 10.3. The van der Waals surface area contributed by atoms with Crippen molar-refractivity contribution >= 4 is 51.6 Å². The lowest BCUT2D eigenvalue weighted by atomic mass is 10.1.